The number of ketones is 1. The summed E-state index contributed by atoms with van der Waals surface area (Å²) in [5.74, 6) is 0.217. The number of aromatic nitrogens is 2. The molecule has 12 heavy (non-hydrogen) atoms. The first-order valence-corrected chi connectivity index (χ1v) is 4.13. The van der Waals surface area contributed by atoms with Crippen molar-refractivity contribution < 1.29 is 4.79 Å². The van der Waals surface area contributed by atoms with E-state index in [1.165, 1.54) is 0 Å². The molecule has 1 aromatic heterocycles. The van der Waals surface area contributed by atoms with Crippen molar-refractivity contribution >= 4 is 5.78 Å². The second kappa shape index (κ2) is 2.66. The summed E-state index contributed by atoms with van der Waals surface area (Å²) in [5, 5.41) is 7.70. The van der Waals surface area contributed by atoms with E-state index in [1.54, 1.807) is 6.20 Å². The molecule has 0 spiro atoms. The molecule has 1 heterocycles. The zero-order valence-electron chi connectivity index (χ0n) is 7.00. The van der Waals surface area contributed by atoms with Crippen LogP contribution in [0.5, 0.6) is 0 Å². The molecule has 0 saturated heterocycles. The molecular weight excluding hydrogens is 152 g/mol. The van der Waals surface area contributed by atoms with Gasteiger partial charge in [-0.3, -0.25) is 4.79 Å². The molecule has 3 nitrogen and oxygen atoms in total. The molecule has 1 aliphatic carbocycles. The smallest absolute Gasteiger partial charge is 0.164 e. The maximum Gasteiger partial charge on any atom is 0.164 e. The van der Waals surface area contributed by atoms with Crippen LogP contribution < -0.4 is 0 Å². The highest BCUT2D eigenvalue weighted by Crippen LogP contribution is 2.21. The van der Waals surface area contributed by atoms with Crippen molar-refractivity contribution in [1.29, 1.82) is 0 Å². The first-order chi connectivity index (χ1) is 5.79. The van der Waals surface area contributed by atoms with Gasteiger partial charge in [0.25, 0.3) is 0 Å². The summed E-state index contributed by atoms with van der Waals surface area (Å²) in [6.07, 6.45) is 4.18. The molecular formula is C9H10N2O. The lowest BCUT2D eigenvalue weighted by atomic mass is 9.91. The third-order valence-electron chi connectivity index (χ3n) is 2.29. The Hall–Kier alpha value is -1.25. The summed E-state index contributed by atoms with van der Waals surface area (Å²) in [6.45, 7) is 1.91. The number of nitrogens with zero attached hydrogens (tertiary/aromatic N) is 2. The molecule has 0 amide bonds. The predicted molar refractivity (Wildman–Crippen MR) is 44.0 cm³/mol. The van der Waals surface area contributed by atoms with Gasteiger partial charge in [0.05, 0.1) is 11.9 Å². The lowest BCUT2D eigenvalue weighted by molar-refractivity contribution is 0.0971. The standard InChI is InChI=1S/C9H10N2O/c1-6-7-3-2-4-9(12)8(7)5-10-11-6/h5H,2-4H2,1H3. The van der Waals surface area contributed by atoms with Crippen LogP contribution in [-0.4, -0.2) is 16.0 Å². The van der Waals surface area contributed by atoms with Crippen LogP contribution in [0.4, 0.5) is 0 Å². The largest absolute Gasteiger partial charge is 0.294 e. The molecule has 3 heteroatoms. The zero-order valence-corrected chi connectivity index (χ0v) is 7.00. The van der Waals surface area contributed by atoms with Gasteiger partial charge < -0.3 is 0 Å². The second-order valence-corrected chi connectivity index (χ2v) is 3.10. The maximum absolute atomic E-state index is 11.4. The lowest BCUT2D eigenvalue weighted by Gasteiger charge is -2.14. The van der Waals surface area contributed by atoms with E-state index in [-0.39, 0.29) is 5.78 Å². The van der Waals surface area contributed by atoms with Crippen LogP contribution in [0.15, 0.2) is 6.20 Å². The number of hydrogen-bond acceptors (Lipinski definition) is 3. The molecule has 0 unspecified atom stereocenters. The quantitative estimate of drug-likeness (QED) is 0.577. The predicted octanol–water partition coefficient (Wildman–Crippen LogP) is 1.30. The van der Waals surface area contributed by atoms with E-state index in [1.807, 2.05) is 6.92 Å². The first-order valence-electron chi connectivity index (χ1n) is 4.13. The van der Waals surface area contributed by atoms with Crippen molar-refractivity contribution in [3.63, 3.8) is 0 Å². The first kappa shape index (κ1) is 7.40. The third-order valence-corrected chi connectivity index (χ3v) is 2.29. The van der Waals surface area contributed by atoms with Crippen LogP contribution >= 0.6 is 0 Å². The molecule has 62 valence electrons. The topological polar surface area (TPSA) is 42.9 Å². The highest BCUT2D eigenvalue weighted by molar-refractivity contribution is 5.98. The molecule has 0 bridgehead atoms. The summed E-state index contributed by atoms with van der Waals surface area (Å²) in [5.41, 5.74) is 2.79. The Labute approximate surface area is 70.8 Å². The highest BCUT2D eigenvalue weighted by atomic mass is 16.1. The molecule has 0 aliphatic heterocycles. The Kier molecular flexibility index (Phi) is 1.64. The number of Topliss-reactive ketones (excluding diaryl/α,β-unsaturated/α-hetero) is 1. The van der Waals surface area contributed by atoms with Crippen molar-refractivity contribution in [2.75, 3.05) is 0 Å². The van der Waals surface area contributed by atoms with Gasteiger partial charge >= 0.3 is 0 Å². The Bertz CT molecular complexity index is 333. The Morgan fingerprint density at radius 3 is 3.00 bits per heavy atom. The van der Waals surface area contributed by atoms with Gasteiger partial charge in [0.2, 0.25) is 0 Å². The van der Waals surface area contributed by atoms with Crippen molar-refractivity contribution in [2.24, 2.45) is 0 Å². The summed E-state index contributed by atoms with van der Waals surface area (Å²) in [6, 6.07) is 0. The average molecular weight is 162 g/mol. The summed E-state index contributed by atoms with van der Waals surface area (Å²) in [4.78, 5) is 11.4. The van der Waals surface area contributed by atoms with Crippen LogP contribution in [0.2, 0.25) is 0 Å². The van der Waals surface area contributed by atoms with E-state index < -0.39 is 0 Å². The number of rotatable bonds is 0. The van der Waals surface area contributed by atoms with Gasteiger partial charge in [-0.2, -0.15) is 10.2 Å². The van der Waals surface area contributed by atoms with Crippen LogP contribution in [0.3, 0.4) is 0 Å². The van der Waals surface area contributed by atoms with E-state index in [9.17, 15) is 4.79 Å². The van der Waals surface area contributed by atoms with E-state index in [0.29, 0.717) is 6.42 Å². The number of fused-ring (bicyclic) bond motifs is 1. The normalized spacial score (nSPS) is 15.9. The summed E-state index contributed by atoms with van der Waals surface area (Å²) in [7, 11) is 0. The Morgan fingerprint density at radius 2 is 2.25 bits per heavy atom. The number of carbonyl (C=O) groups is 1. The minimum absolute atomic E-state index is 0.217. The van der Waals surface area contributed by atoms with Gasteiger partial charge in [0.15, 0.2) is 5.78 Å². The highest BCUT2D eigenvalue weighted by Gasteiger charge is 2.18. The molecule has 0 fully saturated rings. The van der Waals surface area contributed by atoms with Gasteiger partial charge in [0, 0.05) is 12.0 Å². The molecule has 1 aromatic rings. The SMILES string of the molecule is Cc1nncc2c1CCCC2=O. The minimum atomic E-state index is 0.217. The lowest BCUT2D eigenvalue weighted by Crippen LogP contribution is -2.13. The molecule has 1 aliphatic rings. The molecule has 0 aromatic carbocycles. The number of carbonyl (C=O) groups excluding carboxylic acids is 1. The molecule has 2 rings (SSSR count). The zero-order chi connectivity index (χ0) is 8.55. The van der Waals surface area contributed by atoms with Gasteiger partial charge in [-0.25, -0.2) is 0 Å². The maximum atomic E-state index is 11.4. The van der Waals surface area contributed by atoms with E-state index in [2.05, 4.69) is 10.2 Å². The van der Waals surface area contributed by atoms with Crippen molar-refractivity contribution in [3.05, 3.63) is 23.0 Å². The fourth-order valence-corrected chi connectivity index (χ4v) is 1.62. The van der Waals surface area contributed by atoms with E-state index >= 15 is 0 Å². The van der Waals surface area contributed by atoms with Crippen LogP contribution in [0.25, 0.3) is 0 Å². The van der Waals surface area contributed by atoms with Crippen LogP contribution in [0, 0.1) is 6.92 Å². The van der Waals surface area contributed by atoms with E-state index in [4.69, 9.17) is 0 Å². The van der Waals surface area contributed by atoms with Crippen LogP contribution in [0.1, 0.15) is 34.5 Å². The van der Waals surface area contributed by atoms with Crippen molar-refractivity contribution in [2.45, 2.75) is 26.2 Å². The van der Waals surface area contributed by atoms with Gasteiger partial charge in [0.1, 0.15) is 0 Å². The van der Waals surface area contributed by atoms with Gasteiger partial charge in [-0.1, -0.05) is 0 Å². The summed E-state index contributed by atoms with van der Waals surface area (Å²) < 4.78 is 0. The minimum Gasteiger partial charge on any atom is -0.294 e. The fraction of sp³-hybridized carbons (Fsp3) is 0.444. The van der Waals surface area contributed by atoms with E-state index in [0.717, 1.165) is 29.7 Å². The Morgan fingerprint density at radius 1 is 1.42 bits per heavy atom. The molecule has 0 atom stereocenters. The van der Waals surface area contributed by atoms with Crippen molar-refractivity contribution in [1.82, 2.24) is 10.2 Å². The summed E-state index contributed by atoms with van der Waals surface area (Å²) >= 11 is 0. The van der Waals surface area contributed by atoms with Crippen LogP contribution in [-0.2, 0) is 6.42 Å². The Balaban J connectivity index is 2.59. The molecule has 0 N–H and O–H groups in total. The van der Waals surface area contributed by atoms with Gasteiger partial charge in [-0.05, 0) is 25.3 Å². The fourth-order valence-electron chi connectivity index (χ4n) is 1.62. The average Bonchev–Trinajstić information content (AvgIpc) is 2.07. The number of hydrogen-bond donors (Lipinski definition) is 0. The monoisotopic (exact) mass is 162 g/mol. The molecule has 0 saturated carbocycles. The van der Waals surface area contributed by atoms with Crippen molar-refractivity contribution in [3.8, 4) is 0 Å². The third kappa shape index (κ3) is 1.02. The molecule has 0 radical (unpaired) electrons. The number of aryl methyl sites for hydroxylation is 1. The van der Waals surface area contributed by atoms with Gasteiger partial charge in [-0.15, -0.1) is 0 Å². The second-order valence-electron chi connectivity index (χ2n) is 3.10.